The van der Waals surface area contributed by atoms with E-state index < -0.39 is 12.5 Å². The maximum Gasteiger partial charge on any atom is 0.387 e. The van der Waals surface area contributed by atoms with E-state index >= 15 is 0 Å². The second-order valence-electron chi connectivity index (χ2n) is 5.10. The van der Waals surface area contributed by atoms with Crippen LogP contribution in [-0.4, -0.2) is 26.7 Å². The molecule has 0 spiro atoms. The molecule has 2 aromatic rings. The van der Waals surface area contributed by atoms with Gasteiger partial charge in [0.15, 0.2) is 11.5 Å². The van der Waals surface area contributed by atoms with Gasteiger partial charge in [0.1, 0.15) is 0 Å². The molecule has 0 atom stereocenters. The topological polar surface area (TPSA) is 56.8 Å². The molecule has 0 saturated carbocycles. The van der Waals surface area contributed by atoms with Crippen LogP contribution in [0.3, 0.4) is 0 Å². The first-order valence-corrected chi connectivity index (χ1v) is 7.52. The molecule has 2 rings (SSSR count). The van der Waals surface area contributed by atoms with Crippen LogP contribution >= 0.6 is 0 Å². The zero-order valence-electron chi connectivity index (χ0n) is 13.9. The van der Waals surface area contributed by atoms with Crippen LogP contribution in [0.15, 0.2) is 42.5 Å². The fraction of sp³-hybridized carbons (Fsp3) is 0.278. The van der Waals surface area contributed by atoms with Gasteiger partial charge in [0.05, 0.1) is 19.3 Å². The lowest BCUT2D eigenvalue weighted by Crippen LogP contribution is -2.24. The summed E-state index contributed by atoms with van der Waals surface area (Å²) in [4.78, 5) is 12.4. The Balaban J connectivity index is 2.19. The molecule has 0 heterocycles. The lowest BCUT2D eigenvalue weighted by atomic mass is 10.1. The number of nitrogens with one attached hydrogen (secondary N) is 1. The van der Waals surface area contributed by atoms with Crippen LogP contribution in [0.2, 0.25) is 0 Å². The average Bonchev–Trinajstić information content (AvgIpc) is 2.60. The second kappa shape index (κ2) is 8.98. The molecular formula is C18H19F2NO4. The normalized spacial score (nSPS) is 10.6. The summed E-state index contributed by atoms with van der Waals surface area (Å²) in [5, 5.41) is 2.70. The van der Waals surface area contributed by atoms with Crippen molar-refractivity contribution < 1.29 is 27.8 Å². The van der Waals surface area contributed by atoms with E-state index in [0.717, 1.165) is 11.1 Å². The Morgan fingerprint density at radius 3 is 2.44 bits per heavy atom. The molecule has 0 bridgehead atoms. The van der Waals surface area contributed by atoms with Crippen molar-refractivity contribution in [2.24, 2.45) is 0 Å². The largest absolute Gasteiger partial charge is 0.493 e. The number of carbonyl (C=O) groups excluding carboxylic acids is 1. The molecule has 0 aliphatic carbocycles. The van der Waals surface area contributed by atoms with E-state index in [1.807, 2.05) is 24.3 Å². The number of amides is 1. The van der Waals surface area contributed by atoms with Crippen LogP contribution in [0, 0.1) is 0 Å². The van der Waals surface area contributed by atoms with Gasteiger partial charge in [-0.2, -0.15) is 8.78 Å². The number of hydrogen-bond acceptors (Lipinski definition) is 4. The fourth-order valence-corrected chi connectivity index (χ4v) is 2.36. The molecular weight excluding hydrogens is 332 g/mol. The van der Waals surface area contributed by atoms with Gasteiger partial charge in [0.25, 0.3) is 5.91 Å². The number of methoxy groups -OCH3 is 2. The highest BCUT2D eigenvalue weighted by Gasteiger charge is 2.20. The summed E-state index contributed by atoms with van der Waals surface area (Å²) in [7, 11) is 2.90. The van der Waals surface area contributed by atoms with E-state index in [0.29, 0.717) is 6.61 Å². The minimum absolute atomic E-state index is 0.0242. The number of rotatable bonds is 8. The van der Waals surface area contributed by atoms with Crippen LogP contribution in [0.25, 0.3) is 0 Å². The average molecular weight is 351 g/mol. The molecule has 1 N–H and O–H groups in total. The Hall–Kier alpha value is -2.67. The Morgan fingerprint density at radius 1 is 1.08 bits per heavy atom. The minimum Gasteiger partial charge on any atom is -0.493 e. The first-order chi connectivity index (χ1) is 12.1. The SMILES string of the molecule is COCc1ccccc1CNC(=O)c1cccc(OC)c1OC(F)F. The minimum atomic E-state index is -3.06. The summed E-state index contributed by atoms with van der Waals surface area (Å²) < 4.78 is 39.9. The standard InChI is InChI=1S/C18H19F2NO4/c1-23-11-13-7-4-3-6-12(13)10-21-17(22)14-8-5-9-15(24-2)16(14)25-18(19)20/h3-9,18H,10-11H2,1-2H3,(H,21,22). The Morgan fingerprint density at radius 2 is 1.80 bits per heavy atom. The third kappa shape index (κ3) is 4.90. The van der Waals surface area contributed by atoms with Crippen LogP contribution in [0.5, 0.6) is 11.5 Å². The van der Waals surface area contributed by atoms with E-state index in [1.54, 1.807) is 7.11 Å². The van der Waals surface area contributed by atoms with E-state index in [4.69, 9.17) is 9.47 Å². The third-order valence-electron chi connectivity index (χ3n) is 3.51. The predicted octanol–water partition coefficient (Wildman–Crippen LogP) is 3.37. The van der Waals surface area contributed by atoms with Crippen LogP contribution in [0.1, 0.15) is 21.5 Å². The smallest absolute Gasteiger partial charge is 0.387 e. The molecule has 0 fully saturated rings. The maximum absolute atomic E-state index is 12.6. The number of hydrogen-bond donors (Lipinski definition) is 1. The van der Waals surface area contributed by atoms with Gasteiger partial charge in [0.2, 0.25) is 0 Å². The fourth-order valence-electron chi connectivity index (χ4n) is 2.36. The van der Waals surface area contributed by atoms with Crippen LogP contribution in [-0.2, 0) is 17.9 Å². The highest BCUT2D eigenvalue weighted by atomic mass is 19.3. The van der Waals surface area contributed by atoms with Gasteiger partial charge in [-0.25, -0.2) is 0 Å². The molecule has 0 saturated heterocycles. The Kier molecular flexibility index (Phi) is 6.71. The van der Waals surface area contributed by atoms with Crippen molar-refractivity contribution in [3.63, 3.8) is 0 Å². The van der Waals surface area contributed by atoms with Crippen molar-refractivity contribution in [3.05, 3.63) is 59.2 Å². The van der Waals surface area contributed by atoms with Crippen molar-refractivity contribution in [1.29, 1.82) is 0 Å². The molecule has 0 radical (unpaired) electrons. The summed E-state index contributed by atoms with van der Waals surface area (Å²) in [6, 6.07) is 11.8. The van der Waals surface area contributed by atoms with E-state index in [2.05, 4.69) is 10.1 Å². The van der Waals surface area contributed by atoms with Gasteiger partial charge in [-0.1, -0.05) is 30.3 Å². The van der Waals surface area contributed by atoms with E-state index in [-0.39, 0.29) is 23.6 Å². The molecule has 134 valence electrons. The van der Waals surface area contributed by atoms with Crippen molar-refractivity contribution in [2.75, 3.05) is 14.2 Å². The maximum atomic E-state index is 12.6. The molecule has 0 aliphatic heterocycles. The molecule has 1 amide bonds. The van der Waals surface area contributed by atoms with Crippen LogP contribution in [0.4, 0.5) is 8.78 Å². The summed E-state index contributed by atoms with van der Waals surface area (Å²) >= 11 is 0. The zero-order valence-corrected chi connectivity index (χ0v) is 13.9. The van der Waals surface area contributed by atoms with Gasteiger partial charge in [-0.15, -0.1) is 0 Å². The monoisotopic (exact) mass is 351 g/mol. The van der Waals surface area contributed by atoms with E-state index in [9.17, 15) is 13.6 Å². The molecule has 7 heteroatoms. The Labute approximate surface area is 144 Å². The quantitative estimate of drug-likeness (QED) is 0.792. The van der Waals surface area contributed by atoms with Crippen molar-refractivity contribution in [3.8, 4) is 11.5 Å². The number of carbonyl (C=O) groups is 1. The van der Waals surface area contributed by atoms with Gasteiger partial charge in [-0.3, -0.25) is 4.79 Å². The molecule has 2 aromatic carbocycles. The summed E-state index contributed by atoms with van der Waals surface area (Å²) in [5.74, 6) is -0.767. The predicted molar refractivity (Wildman–Crippen MR) is 88.0 cm³/mol. The number of ether oxygens (including phenoxy) is 3. The second-order valence-corrected chi connectivity index (χ2v) is 5.10. The van der Waals surface area contributed by atoms with Gasteiger partial charge in [0, 0.05) is 13.7 Å². The van der Waals surface area contributed by atoms with E-state index in [1.165, 1.54) is 25.3 Å². The first kappa shape index (κ1) is 18.7. The molecule has 0 aliphatic rings. The van der Waals surface area contributed by atoms with Gasteiger partial charge in [-0.05, 0) is 23.3 Å². The summed E-state index contributed by atoms with van der Waals surface area (Å²) in [6.07, 6.45) is 0. The number of halogens is 2. The number of benzene rings is 2. The lowest BCUT2D eigenvalue weighted by Gasteiger charge is -2.15. The summed E-state index contributed by atoms with van der Waals surface area (Å²) in [6.45, 7) is -2.43. The number of alkyl halides is 2. The third-order valence-corrected chi connectivity index (χ3v) is 3.51. The van der Waals surface area contributed by atoms with Gasteiger partial charge >= 0.3 is 6.61 Å². The molecule has 5 nitrogen and oxygen atoms in total. The molecule has 0 aromatic heterocycles. The highest BCUT2D eigenvalue weighted by molar-refractivity contribution is 5.97. The van der Waals surface area contributed by atoms with Crippen LogP contribution < -0.4 is 14.8 Å². The lowest BCUT2D eigenvalue weighted by molar-refractivity contribution is -0.0515. The molecule has 25 heavy (non-hydrogen) atoms. The van der Waals surface area contributed by atoms with Gasteiger partial charge < -0.3 is 19.5 Å². The van der Waals surface area contributed by atoms with Crippen molar-refractivity contribution >= 4 is 5.91 Å². The summed E-state index contributed by atoms with van der Waals surface area (Å²) in [5.41, 5.74) is 1.78. The molecule has 0 unspecified atom stereocenters. The first-order valence-electron chi connectivity index (χ1n) is 7.52. The number of para-hydroxylation sites is 1. The van der Waals surface area contributed by atoms with Crippen molar-refractivity contribution in [1.82, 2.24) is 5.32 Å². The highest BCUT2D eigenvalue weighted by Crippen LogP contribution is 2.32. The Bertz CT molecular complexity index is 722. The van der Waals surface area contributed by atoms with Crippen molar-refractivity contribution in [2.45, 2.75) is 19.8 Å². The zero-order chi connectivity index (χ0) is 18.2.